The molecule has 1 saturated heterocycles. The average Bonchev–Trinajstić information content (AvgIpc) is 3.38. The number of benzene rings is 2. The fourth-order valence-corrected chi connectivity index (χ4v) is 4.13. The van der Waals surface area contributed by atoms with E-state index in [0.717, 1.165) is 4.90 Å². The number of rotatable bonds is 4. The van der Waals surface area contributed by atoms with Gasteiger partial charge in [-0.2, -0.15) is 0 Å². The number of hydrogen-bond acceptors (Lipinski definition) is 5. The zero-order valence-electron chi connectivity index (χ0n) is 17.7. The van der Waals surface area contributed by atoms with Gasteiger partial charge < -0.3 is 19.5 Å². The molecule has 1 amide bonds. The molecule has 184 valence electrons. The second kappa shape index (κ2) is 10.1. The van der Waals surface area contributed by atoms with Crippen molar-refractivity contribution in [2.75, 3.05) is 41.3 Å². The van der Waals surface area contributed by atoms with Crippen molar-refractivity contribution >= 4 is 51.9 Å². The van der Waals surface area contributed by atoms with Gasteiger partial charge in [0, 0.05) is 31.9 Å². The van der Waals surface area contributed by atoms with Gasteiger partial charge in [-0.05, 0) is 42.5 Å². The van der Waals surface area contributed by atoms with E-state index in [2.05, 4.69) is 10.6 Å². The lowest BCUT2D eigenvalue weighted by molar-refractivity contribution is 0.0950. The van der Waals surface area contributed by atoms with Crippen LogP contribution in [0, 0.1) is 29.1 Å². The highest BCUT2D eigenvalue weighted by Gasteiger charge is 2.31. The van der Waals surface area contributed by atoms with Crippen molar-refractivity contribution in [2.45, 2.75) is 0 Å². The van der Waals surface area contributed by atoms with Crippen LogP contribution in [0.4, 0.5) is 39.0 Å². The maximum absolute atomic E-state index is 14.1. The molecular weight excluding hydrogens is 515 g/mol. The molecule has 0 spiro atoms. The number of nitrogens with one attached hydrogen (secondary N) is 2. The van der Waals surface area contributed by atoms with Crippen molar-refractivity contribution < 1.29 is 31.2 Å². The van der Waals surface area contributed by atoms with E-state index in [4.69, 9.17) is 28.2 Å². The number of hydrogen-bond donors (Lipinski definition) is 2. The van der Waals surface area contributed by atoms with Crippen LogP contribution in [0.15, 0.2) is 41.0 Å². The predicted octanol–water partition coefficient (Wildman–Crippen LogP) is 5.08. The SMILES string of the molecule is O=C(NC(=S)Nc1ccc(N2CCN(c3c(F)c(F)c(F)c(F)c3F)CC2)c(Cl)c1)c1ccco1. The molecule has 0 saturated carbocycles. The summed E-state index contributed by atoms with van der Waals surface area (Å²) in [5.41, 5.74) is 0.139. The number of carbonyl (C=O) groups is 1. The fourth-order valence-electron chi connectivity index (χ4n) is 3.62. The van der Waals surface area contributed by atoms with Gasteiger partial charge in [-0.15, -0.1) is 0 Å². The summed E-state index contributed by atoms with van der Waals surface area (Å²) in [5, 5.41) is 5.62. The summed E-state index contributed by atoms with van der Waals surface area (Å²) < 4.78 is 73.7. The lowest BCUT2D eigenvalue weighted by Crippen LogP contribution is -2.47. The molecule has 0 radical (unpaired) electrons. The molecule has 2 aromatic carbocycles. The molecule has 2 heterocycles. The summed E-state index contributed by atoms with van der Waals surface area (Å²) in [4.78, 5) is 14.9. The standard InChI is InChI=1S/C22H16ClF5N4O2S/c23-12-10-11(29-22(35)30-21(33)14-2-1-9-34-14)3-4-13(12)31-5-7-32(8-6-31)20-18(27)16(25)15(24)17(26)19(20)28/h1-4,9-10H,5-8H2,(H2,29,30,33,35). The van der Waals surface area contributed by atoms with E-state index in [-0.39, 0.29) is 37.1 Å². The molecule has 6 nitrogen and oxygen atoms in total. The highest BCUT2D eigenvalue weighted by Crippen LogP contribution is 2.33. The van der Waals surface area contributed by atoms with Gasteiger partial charge in [0.05, 0.1) is 17.0 Å². The van der Waals surface area contributed by atoms with Gasteiger partial charge in [0.15, 0.2) is 34.1 Å². The third kappa shape index (κ3) is 5.03. The van der Waals surface area contributed by atoms with Crippen LogP contribution in [0.1, 0.15) is 10.6 Å². The molecule has 0 atom stereocenters. The monoisotopic (exact) mass is 530 g/mol. The van der Waals surface area contributed by atoms with Crippen molar-refractivity contribution in [3.63, 3.8) is 0 Å². The first-order chi connectivity index (χ1) is 16.7. The zero-order valence-corrected chi connectivity index (χ0v) is 19.3. The lowest BCUT2D eigenvalue weighted by atomic mass is 10.2. The normalized spacial score (nSPS) is 13.7. The topological polar surface area (TPSA) is 60.8 Å². The van der Waals surface area contributed by atoms with Crippen LogP contribution in [-0.4, -0.2) is 37.2 Å². The van der Waals surface area contributed by atoms with E-state index in [0.29, 0.717) is 16.4 Å². The molecule has 4 rings (SSSR count). The molecule has 35 heavy (non-hydrogen) atoms. The summed E-state index contributed by atoms with van der Waals surface area (Å²) in [6.07, 6.45) is 1.35. The number of halogens is 6. The molecule has 0 aliphatic carbocycles. The van der Waals surface area contributed by atoms with Crippen molar-refractivity contribution in [3.8, 4) is 0 Å². The van der Waals surface area contributed by atoms with Gasteiger partial charge in [0.1, 0.15) is 5.69 Å². The molecule has 0 unspecified atom stereocenters. The minimum absolute atomic E-state index is 0.00240. The molecule has 1 aliphatic rings. The first kappa shape index (κ1) is 24.7. The Balaban J connectivity index is 1.40. The number of amides is 1. The Labute approximate surface area is 206 Å². The highest BCUT2D eigenvalue weighted by atomic mass is 35.5. The van der Waals surface area contributed by atoms with Crippen LogP contribution < -0.4 is 20.4 Å². The fraction of sp³-hybridized carbons (Fsp3) is 0.182. The molecule has 0 bridgehead atoms. The Morgan fingerprint density at radius 3 is 2.09 bits per heavy atom. The molecule has 1 fully saturated rings. The third-order valence-electron chi connectivity index (χ3n) is 5.30. The number of thiocarbonyl (C=S) groups is 1. The minimum Gasteiger partial charge on any atom is -0.459 e. The number of piperazine rings is 1. The second-order valence-electron chi connectivity index (χ2n) is 7.44. The summed E-state index contributed by atoms with van der Waals surface area (Å²) in [5.74, 6) is -10.3. The number of nitrogens with zero attached hydrogens (tertiary/aromatic N) is 2. The molecule has 1 aromatic heterocycles. The van der Waals surface area contributed by atoms with Gasteiger partial charge >= 0.3 is 0 Å². The van der Waals surface area contributed by atoms with Crippen molar-refractivity contribution in [1.29, 1.82) is 0 Å². The maximum Gasteiger partial charge on any atom is 0.293 e. The smallest absolute Gasteiger partial charge is 0.293 e. The van der Waals surface area contributed by atoms with Gasteiger partial charge in [0.25, 0.3) is 5.91 Å². The average molecular weight is 531 g/mol. The second-order valence-corrected chi connectivity index (χ2v) is 8.26. The number of carbonyl (C=O) groups excluding carboxylic acids is 1. The van der Waals surface area contributed by atoms with Crippen LogP contribution in [0.3, 0.4) is 0 Å². The van der Waals surface area contributed by atoms with Crippen LogP contribution in [0.2, 0.25) is 5.02 Å². The van der Waals surface area contributed by atoms with Crippen molar-refractivity contribution in [1.82, 2.24) is 5.32 Å². The van der Waals surface area contributed by atoms with Gasteiger partial charge in [-0.1, -0.05) is 11.6 Å². The van der Waals surface area contributed by atoms with E-state index >= 15 is 0 Å². The lowest BCUT2D eigenvalue weighted by Gasteiger charge is -2.38. The van der Waals surface area contributed by atoms with Crippen molar-refractivity contribution in [2.24, 2.45) is 0 Å². The Hall–Kier alpha value is -3.38. The van der Waals surface area contributed by atoms with Crippen molar-refractivity contribution in [3.05, 3.63) is 76.5 Å². The van der Waals surface area contributed by atoms with Crippen LogP contribution >= 0.6 is 23.8 Å². The molecule has 2 N–H and O–H groups in total. The first-order valence-corrected chi connectivity index (χ1v) is 10.9. The first-order valence-electron chi connectivity index (χ1n) is 10.1. The summed E-state index contributed by atoms with van der Waals surface area (Å²) in [7, 11) is 0. The van der Waals surface area contributed by atoms with E-state index in [1.54, 1.807) is 24.3 Å². The molecule has 1 aliphatic heterocycles. The van der Waals surface area contributed by atoms with Gasteiger partial charge in [-0.25, -0.2) is 22.0 Å². The van der Waals surface area contributed by atoms with E-state index < -0.39 is 40.7 Å². The largest absolute Gasteiger partial charge is 0.459 e. The third-order valence-corrected chi connectivity index (χ3v) is 5.81. The summed E-state index contributed by atoms with van der Waals surface area (Å²) in [6.45, 7) is 0.419. The Morgan fingerprint density at radius 2 is 1.51 bits per heavy atom. The summed E-state index contributed by atoms with van der Waals surface area (Å²) >= 11 is 11.5. The quantitative estimate of drug-likeness (QED) is 0.212. The molecule has 13 heteroatoms. The Bertz CT molecular complexity index is 1250. The Morgan fingerprint density at radius 1 is 0.914 bits per heavy atom. The van der Waals surface area contributed by atoms with Crippen LogP contribution in [0.5, 0.6) is 0 Å². The van der Waals surface area contributed by atoms with E-state index in [9.17, 15) is 26.7 Å². The van der Waals surface area contributed by atoms with Gasteiger partial charge in [-0.3, -0.25) is 10.1 Å². The zero-order chi connectivity index (χ0) is 25.3. The Kier molecular flexibility index (Phi) is 7.13. The van der Waals surface area contributed by atoms with Gasteiger partial charge in [0.2, 0.25) is 5.82 Å². The molecular formula is C22H16ClF5N4O2S. The van der Waals surface area contributed by atoms with Crippen LogP contribution in [0.25, 0.3) is 0 Å². The van der Waals surface area contributed by atoms with E-state index in [1.807, 2.05) is 4.90 Å². The number of anilines is 3. The predicted molar refractivity (Wildman–Crippen MR) is 125 cm³/mol. The van der Waals surface area contributed by atoms with Crippen LogP contribution in [-0.2, 0) is 0 Å². The summed E-state index contributed by atoms with van der Waals surface area (Å²) in [6, 6.07) is 7.94. The number of furan rings is 1. The maximum atomic E-state index is 14.1. The minimum atomic E-state index is -2.19. The van der Waals surface area contributed by atoms with E-state index in [1.165, 1.54) is 12.3 Å². The highest BCUT2D eigenvalue weighted by molar-refractivity contribution is 7.80. The molecule has 3 aromatic rings.